The average Bonchev–Trinajstić information content (AvgIpc) is 2.99. The van der Waals surface area contributed by atoms with E-state index in [0.29, 0.717) is 6.42 Å². The number of hydrogen-bond donors (Lipinski definition) is 4. The highest BCUT2D eigenvalue weighted by Gasteiger charge is 2.26. The molecule has 0 aliphatic rings. The number of hydrogen-bond acceptors (Lipinski definition) is 6. The van der Waals surface area contributed by atoms with Crippen molar-refractivity contribution in [2.45, 2.75) is 180 Å². The number of nitrogens with one attached hydrogen (secondary N) is 1. The highest BCUT2D eigenvalue weighted by atomic mass is 31.2. The van der Waals surface area contributed by atoms with E-state index in [1.165, 1.54) is 109 Å². The molecule has 0 radical (unpaired) electrons. The van der Waals surface area contributed by atoms with E-state index in [1.807, 2.05) is 6.08 Å². The number of aliphatic hydroxyl groups excluding tert-OH is 1. The van der Waals surface area contributed by atoms with Crippen LogP contribution in [0.3, 0.4) is 0 Å². The smallest absolute Gasteiger partial charge is 0.387 e. The highest BCUT2D eigenvalue weighted by Crippen LogP contribution is 2.43. The maximum absolute atomic E-state index is 12.6. The summed E-state index contributed by atoms with van der Waals surface area (Å²) in [6.07, 6.45) is 31.1. The van der Waals surface area contributed by atoms with E-state index in [9.17, 15) is 19.4 Å². The molecule has 0 saturated carbocycles. The van der Waals surface area contributed by atoms with Crippen LogP contribution in [0, 0.1) is 0 Å². The van der Waals surface area contributed by atoms with E-state index in [0.717, 1.165) is 38.5 Å². The van der Waals surface area contributed by atoms with Crippen molar-refractivity contribution in [2.75, 3.05) is 19.8 Å². The Hall–Kier alpha value is -0.760. The Labute approximate surface area is 265 Å². The molecule has 1 amide bonds. The van der Waals surface area contributed by atoms with Gasteiger partial charge < -0.3 is 21.1 Å². The third-order valence-electron chi connectivity index (χ3n) is 7.86. The molecule has 8 nitrogen and oxygen atoms in total. The molecule has 0 spiro atoms. The molecular weight excluding hydrogens is 563 g/mol. The SMILES string of the molecule is CCCCCCCCCCCCCC/C=C/C(O)C(COP(=O)(O)OCCN)NC(=O)CCCCCCCCCCCC. The second-order valence-electron chi connectivity index (χ2n) is 12.1. The van der Waals surface area contributed by atoms with E-state index < -0.39 is 20.0 Å². The summed E-state index contributed by atoms with van der Waals surface area (Å²) in [6, 6.07) is -0.851. The van der Waals surface area contributed by atoms with E-state index in [4.69, 9.17) is 14.8 Å². The van der Waals surface area contributed by atoms with Gasteiger partial charge in [-0.25, -0.2) is 4.57 Å². The van der Waals surface area contributed by atoms with Gasteiger partial charge in [-0.15, -0.1) is 0 Å². The van der Waals surface area contributed by atoms with Gasteiger partial charge in [-0.1, -0.05) is 154 Å². The number of rotatable bonds is 33. The summed E-state index contributed by atoms with van der Waals surface area (Å²) in [7, 11) is -4.32. The number of nitrogens with two attached hydrogens (primary N) is 1. The molecule has 0 bridgehead atoms. The van der Waals surface area contributed by atoms with Gasteiger partial charge in [0.2, 0.25) is 5.91 Å². The number of carbonyl (C=O) groups is 1. The lowest BCUT2D eigenvalue weighted by Crippen LogP contribution is -2.45. The molecule has 3 unspecified atom stereocenters. The van der Waals surface area contributed by atoms with Gasteiger partial charge in [0, 0.05) is 13.0 Å². The van der Waals surface area contributed by atoms with Gasteiger partial charge in [0.25, 0.3) is 0 Å². The van der Waals surface area contributed by atoms with Gasteiger partial charge in [-0.2, -0.15) is 0 Å². The lowest BCUT2D eigenvalue weighted by molar-refractivity contribution is -0.123. The van der Waals surface area contributed by atoms with E-state index >= 15 is 0 Å². The molecule has 0 aromatic heterocycles. The predicted molar refractivity (Wildman–Crippen MR) is 180 cm³/mol. The Morgan fingerprint density at radius 1 is 0.744 bits per heavy atom. The first-order valence-corrected chi connectivity index (χ1v) is 19.3. The number of amides is 1. The second-order valence-corrected chi connectivity index (χ2v) is 13.5. The van der Waals surface area contributed by atoms with Crippen LogP contribution in [-0.4, -0.2) is 47.8 Å². The van der Waals surface area contributed by atoms with Gasteiger partial charge in [-0.3, -0.25) is 13.8 Å². The number of phosphoric ester groups is 1. The summed E-state index contributed by atoms with van der Waals surface area (Å²) in [4.78, 5) is 22.5. The highest BCUT2D eigenvalue weighted by molar-refractivity contribution is 7.47. The standard InChI is InChI=1S/C34H69N2O6P/c1-3-5-7-9-11-13-15-16-17-18-19-21-23-25-27-33(37)32(31-42-43(39,40)41-30-29-35)36-34(38)28-26-24-22-20-14-12-10-8-6-4-2/h25,27,32-33,37H,3-24,26,28-31,35H2,1-2H3,(H,36,38)(H,39,40)/b27-25+. The second kappa shape index (κ2) is 31.2. The summed E-state index contributed by atoms with van der Waals surface area (Å²) in [5, 5.41) is 13.6. The van der Waals surface area contributed by atoms with Crippen LogP contribution < -0.4 is 11.1 Å². The largest absolute Gasteiger partial charge is 0.472 e. The molecular formula is C34H69N2O6P. The van der Waals surface area contributed by atoms with Gasteiger partial charge in [0.1, 0.15) is 0 Å². The van der Waals surface area contributed by atoms with Crippen molar-refractivity contribution in [1.82, 2.24) is 5.32 Å². The van der Waals surface area contributed by atoms with Crippen molar-refractivity contribution >= 4 is 13.7 Å². The molecule has 0 fully saturated rings. The predicted octanol–water partition coefficient (Wildman–Crippen LogP) is 8.88. The van der Waals surface area contributed by atoms with Crippen LogP contribution in [0.5, 0.6) is 0 Å². The topological polar surface area (TPSA) is 131 Å². The molecule has 0 saturated heterocycles. The van der Waals surface area contributed by atoms with Crippen molar-refractivity contribution in [1.29, 1.82) is 0 Å². The molecule has 3 atom stereocenters. The zero-order valence-electron chi connectivity index (χ0n) is 28.0. The summed E-state index contributed by atoms with van der Waals surface area (Å²) < 4.78 is 22.0. The van der Waals surface area contributed by atoms with E-state index in [1.54, 1.807) is 6.08 Å². The summed E-state index contributed by atoms with van der Waals surface area (Å²) >= 11 is 0. The molecule has 0 aliphatic carbocycles. The molecule has 5 N–H and O–H groups in total. The maximum Gasteiger partial charge on any atom is 0.472 e. The number of carbonyl (C=O) groups excluding carboxylic acids is 1. The molecule has 43 heavy (non-hydrogen) atoms. The number of phosphoric acid groups is 1. The summed E-state index contributed by atoms with van der Waals surface area (Å²) in [6.45, 7) is 4.10. The minimum Gasteiger partial charge on any atom is -0.387 e. The Bertz CT molecular complexity index is 694. The minimum absolute atomic E-state index is 0.0808. The van der Waals surface area contributed by atoms with Crippen molar-refractivity contribution < 1.29 is 28.4 Å². The van der Waals surface area contributed by atoms with Crippen LogP contribution in [0.15, 0.2) is 12.2 Å². The number of aliphatic hydroxyl groups is 1. The Kier molecular flexibility index (Phi) is 30.7. The molecule has 256 valence electrons. The van der Waals surface area contributed by atoms with Crippen LogP contribution in [0.4, 0.5) is 0 Å². The molecule has 9 heteroatoms. The van der Waals surface area contributed by atoms with Gasteiger partial charge >= 0.3 is 7.82 Å². The quantitative estimate of drug-likeness (QED) is 0.0323. The third-order valence-corrected chi connectivity index (χ3v) is 8.85. The fourth-order valence-electron chi connectivity index (χ4n) is 5.13. The lowest BCUT2D eigenvalue weighted by Gasteiger charge is -2.23. The maximum atomic E-state index is 12.6. The number of allylic oxidation sites excluding steroid dienone is 1. The lowest BCUT2D eigenvalue weighted by atomic mass is 10.0. The van der Waals surface area contributed by atoms with E-state index in [-0.39, 0.29) is 25.7 Å². The van der Waals surface area contributed by atoms with Gasteiger partial charge in [0.15, 0.2) is 0 Å². The van der Waals surface area contributed by atoms with Gasteiger partial charge in [-0.05, 0) is 19.3 Å². The third kappa shape index (κ3) is 29.7. The summed E-state index contributed by atoms with van der Waals surface area (Å²) in [5.41, 5.74) is 5.34. The zero-order valence-corrected chi connectivity index (χ0v) is 28.8. The van der Waals surface area contributed by atoms with Crippen LogP contribution in [0.1, 0.15) is 168 Å². The Balaban J connectivity index is 4.35. The Morgan fingerprint density at radius 3 is 1.65 bits per heavy atom. The molecule has 0 aliphatic heterocycles. The normalized spacial score (nSPS) is 14.6. The van der Waals surface area contributed by atoms with Crippen molar-refractivity contribution in [3.8, 4) is 0 Å². The van der Waals surface area contributed by atoms with Crippen LogP contribution >= 0.6 is 7.82 Å². The first kappa shape index (κ1) is 42.2. The molecule has 0 rings (SSSR count). The first-order chi connectivity index (χ1) is 20.9. The first-order valence-electron chi connectivity index (χ1n) is 17.8. The van der Waals surface area contributed by atoms with Crippen LogP contribution in [0.2, 0.25) is 0 Å². The van der Waals surface area contributed by atoms with Crippen molar-refractivity contribution in [3.63, 3.8) is 0 Å². The fraction of sp³-hybridized carbons (Fsp3) is 0.912. The monoisotopic (exact) mass is 632 g/mol. The summed E-state index contributed by atoms with van der Waals surface area (Å²) in [5.74, 6) is -0.197. The van der Waals surface area contributed by atoms with Crippen molar-refractivity contribution in [3.05, 3.63) is 12.2 Å². The van der Waals surface area contributed by atoms with Crippen LogP contribution in [-0.2, 0) is 18.4 Å². The fourth-order valence-corrected chi connectivity index (χ4v) is 5.89. The average molecular weight is 633 g/mol. The zero-order chi connectivity index (χ0) is 31.9. The molecule has 0 aromatic rings. The number of unbranched alkanes of at least 4 members (excludes halogenated alkanes) is 21. The van der Waals surface area contributed by atoms with E-state index in [2.05, 4.69) is 19.2 Å². The Morgan fingerprint density at radius 2 is 1.19 bits per heavy atom. The molecule has 0 aromatic carbocycles. The minimum atomic E-state index is -4.32. The molecule has 0 heterocycles. The van der Waals surface area contributed by atoms with Crippen molar-refractivity contribution in [2.24, 2.45) is 5.73 Å². The van der Waals surface area contributed by atoms with Gasteiger partial charge in [0.05, 0.1) is 25.4 Å². The van der Waals surface area contributed by atoms with Crippen LogP contribution in [0.25, 0.3) is 0 Å².